The molecule has 2 amide bonds. The number of nitrogens with zero attached hydrogens (tertiary/aromatic N) is 4. The normalized spacial score (nSPS) is 20.0. The Hall–Kier alpha value is -2.54. The number of aromatic nitrogens is 1. The summed E-state index contributed by atoms with van der Waals surface area (Å²) < 4.78 is 0. The van der Waals surface area contributed by atoms with Gasteiger partial charge in [-0.2, -0.15) is 0 Å². The third kappa shape index (κ3) is 3.78. The number of pyridine rings is 1. The van der Waals surface area contributed by atoms with Gasteiger partial charge < -0.3 is 14.7 Å². The summed E-state index contributed by atoms with van der Waals surface area (Å²) in [6, 6.07) is 12.8. The van der Waals surface area contributed by atoms with E-state index in [9.17, 15) is 9.59 Å². The summed E-state index contributed by atoms with van der Waals surface area (Å²) in [5, 5.41) is 0. The first-order valence-electron chi connectivity index (χ1n) is 9.11. The number of rotatable bonds is 3. The van der Waals surface area contributed by atoms with E-state index in [2.05, 4.69) is 9.88 Å². The van der Waals surface area contributed by atoms with Gasteiger partial charge in [0.1, 0.15) is 6.04 Å². The van der Waals surface area contributed by atoms with Gasteiger partial charge in [0.15, 0.2) is 0 Å². The third-order valence-corrected chi connectivity index (χ3v) is 6.08. The Balaban J connectivity index is 1.40. The van der Waals surface area contributed by atoms with Crippen molar-refractivity contribution in [3.63, 3.8) is 0 Å². The van der Waals surface area contributed by atoms with Gasteiger partial charge in [0.05, 0.1) is 5.88 Å². The molecule has 0 bridgehead atoms. The van der Waals surface area contributed by atoms with Crippen LogP contribution in [0.15, 0.2) is 54.9 Å². The molecule has 2 fully saturated rings. The van der Waals surface area contributed by atoms with Crippen LogP contribution < -0.4 is 4.90 Å². The summed E-state index contributed by atoms with van der Waals surface area (Å²) in [4.78, 5) is 35.8. The lowest BCUT2D eigenvalue weighted by Gasteiger charge is -2.38. The quantitative estimate of drug-likeness (QED) is 0.812. The zero-order valence-corrected chi connectivity index (χ0v) is 15.8. The largest absolute Gasteiger partial charge is 0.368 e. The minimum atomic E-state index is -0.366. The first-order chi connectivity index (χ1) is 13.2. The van der Waals surface area contributed by atoms with Crippen LogP contribution in [0.25, 0.3) is 0 Å². The van der Waals surface area contributed by atoms with Crippen LogP contribution in [0.3, 0.4) is 0 Å². The van der Waals surface area contributed by atoms with E-state index in [0.717, 1.165) is 18.8 Å². The van der Waals surface area contributed by atoms with Gasteiger partial charge in [-0.25, -0.2) is 0 Å². The molecule has 0 saturated carbocycles. The number of amides is 2. The highest BCUT2D eigenvalue weighted by Gasteiger charge is 2.38. The number of hydrogen-bond donors (Lipinski definition) is 0. The molecule has 2 aliphatic heterocycles. The molecule has 0 spiro atoms. The summed E-state index contributed by atoms with van der Waals surface area (Å²) in [5.41, 5.74) is 1.77. The van der Waals surface area contributed by atoms with E-state index < -0.39 is 0 Å². The molecule has 2 aliphatic rings. The highest BCUT2D eigenvalue weighted by Crippen LogP contribution is 2.25. The highest BCUT2D eigenvalue weighted by molar-refractivity contribution is 7.99. The van der Waals surface area contributed by atoms with E-state index in [1.165, 1.54) is 0 Å². The average molecular weight is 382 g/mol. The van der Waals surface area contributed by atoms with Gasteiger partial charge in [0.2, 0.25) is 5.91 Å². The Morgan fingerprint density at radius 2 is 1.67 bits per heavy atom. The van der Waals surface area contributed by atoms with Crippen LogP contribution in [0.1, 0.15) is 10.4 Å². The smallest absolute Gasteiger partial charge is 0.255 e. The molecular weight excluding hydrogens is 360 g/mol. The lowest BCUT2D eigenvalue weighted by molar-refractivity contribution is -0.135. The summed E-state index contributed by atoms with van der Waals surface area (Å²) in [5.74, 6) is 1.25. The fourth-order valence-corrected chi connectivity index (χ4v) is 4.69. The Morgan fingerprint density at radius 3 is 2.37 bits per heavy atom. The Labute approximate surface area is 163 Å². The molecule has 2 aromatic rings. The van der Waals surface area contributed by atoms with Crippen molar-refractivity contribution in [2.45, 2.75) is 6.04 Å². The van der Waals surface area contributed by atoms with Crippen molar-refractivity contribution in [3.8, 4) is 0 Å². The molecule has 7 heteroatoms. The summed E-state index contributed by atoms with van der Waals surface area (Å²) in [6.07, 6.45) is 3.57. The predicted molar refractivity (Wildman–Crippen MR) is 107 cm³/mol. The molecule has 1 unspecified atom stereocenters. The second-order valence-corrected chi connectivity index (χ2v) is 7.67. The third-order valence-electron chi connectivity index (χ3n) is 5.07. The van der Waals surface area contributed by atoms with E-state index in [1.54, 1.807) is 41.2 Å². The average Bonchev–Trinajstić information content (AvgIpc) is 3.24. The van der Waals surface area contributed by atoms with Crippen molar-refractivity contribution in [1.82, 2.24) is 14.8 Å². The minimum absolute atomic E-state index is 0.0608. The molecule has 4 rings (SSSR count). The van der Waals surface area contributed by atoms with Gasteiger partial charge in [-0.1, -0.05) is 18.2 Å². The SMILES string of the molecule is O=C(C1CSCN1C(=O)c1ccccc1)N1CCN(c2ccncc2)CC1. The molecule has 0 aliphatic carbocycles. The fraction of sp³-hybridized carbons (Fsp3) is 0.350. The fourth-order valence-electron chi connectivity index (χ4n) is 3.54. The van der Waals surface area contributed by atoms with Gasteiger partial charge in [-0.15, -0.1) is 11.8 Å². The van der Waals surface area contributed by atoms with Crippen LogP contribution in [-0.4, -0.2) is 70.4 Å². The van der Waals surface area contributed by atoms with Crippen molar-refractivity contribution in [2.75, 3.05) is 42.7 Å². The zero-order valence-electron chi connectivity index (χ0n) is 15.0. The molecule has 0 N–H and O–H groups in total. The first kappa shape index (κ1) is 17.9. The Bertz CT molecular complexity index is 794. The van der Waals surface area contributed by atoms with Crippen LogP contribution in [0.5, 0.6) is 0 Å². The molecule has 27 heavy (non-hydrogen) atoms. The lowest BCUT2D eigenvalue weighted by atomic mass is 10.1. The Morgan fingerprint density at radius 1 is 0.963 bits per heavy atom. The highest BCUT2D eigenvalue weighted by atomic mass is 32.2. The van der Waals surface area contributed by atoms with Crippen molar-refractivity contribution in [3.05, 3.63) is 60.4 Å². The van der Waals surface area contributed by atoms with E-state index in [1.807, 2.05) is 35.2 Å². The number of benzene rings is 1. The monoisotopic (exact) mass is 382 g/mol. The van der Waals surface area contributed by atoms with Crippen LogP contribution in [-0.2, 0) is 4.79 Å². The van der Waals surface area contributed by atoms with Crippen LogP contribution >= 0.6 is 11.8 Å². The van der Waals surface area contributed by atoms with E-state index in [4.69, 9.17) is 0 Å². The number of anilines is 1. The van der Waals surface area contributed by atoms with Gasteiger partial charge in [0, 0.05) is 55.6 Å². The first-order valence-corrected chi connectivity index (χ1v) is 10.3. The molecule has 1 aromatic heterocycles. The Kier molecular flexibility index (Phi) is 5.29. The van der Waals surface area contributed by atoms with E-state index in [0.29, 0.717) is 30.3 Å². The van der Waals surface area contributed by atoms with Crippen molar-refractivity contribution < 1.29 is 9.59 Å². The van der Waals surface area contributed by atoms with Crippen molar-refractivity contribution in [2.24, 2.45) is 0 Å². The number of carbonyl (C=O) groups is 2. The maximum absolute atomic E-state index is 13.1. The summed E-state index contributed by atoms with van der Waals surface area (Å²) in [6.45, 7) is 2.94. The van der Waals surface area contributed by atoms with Gasteiger partial charge >= 0.3 is 0 Å². The standard InChI is InChI=1S/C20H22N4O2S/c25-19(16-4-2-1-3-5-16)24-15-27-14-18(24)20(26)23-12-10-22(11-13-23)17-6-8-21-9-7-17/h1-9,18H,10-15H2. The summed E-state index contributed by atoms with van der Waals surface area (Å²) in [7, 11) is 0. The molecule has 1 atom stereocenters. The number of hydrogen-bond acceptors (Lipinski definition) is 5. The predicted octanol–water partition coefficient (Wildman–Crippen LogP) is 1.95. The number of thioether (sulfide) groups is 1. The molecule has 140 valence electrons. The molecule has 1 aromatic carbocycles. The van der Waals surface area contributed by atoms with Crippen molar-refractivity contribution >= 4 is 29.3 Å². The van der Waals surface area contributed by atoms with E-state index >= 15 is 0 Å². The molecule has 6 nitrogen and oxygen atoms in total. The van der Waals surface area contributed by atoms with Crippen LogP contribution in [0, 0.1) is 0 Å². The molecular formula is C20H22N4O2S. The van der Waals surface area contributed by atoms with Crippen molar-refractivity contribution in [1.29, 1.82) is 0 Å². The van der Waals surface area contributed by atoms with Gasteiger partial charge in [0.25, 0.3) is 5.91 Å². The molecule has 2 saturated heterocycles. The van der Waals surface area contributed by atoms with Crippen LogP contribution in [0.2, 0.25) is 0 Å². The lowest BCUT2D eigenvalue weighted by Crippen LogP contribution is -2.55. The van der Waals surface area contributed by atoms with Gasteiger partial charge in [-0.05, 0) is 24.3 Å². The zero-order chi connectivity index (χ0) is 18.6. The number of carbonyl (C=O) groups excluding carboxylic acids is 2. The second-order valence-electron chi connectivity index (χ2n) is 6.67. The van der Waals surface area contributed by atoms with Crippen LogP contribution in [0.4, 0.5) is 5.69 Å². The van der Waals surface area contributed by atoms with Gasteiger partial charge in [-0.3, -0.25) is 14.6 Å². The maximum atomic E-state index is 13.1. The van der Waals surface area contributed by atoms with E-state index in [-0.39, 0.29) is 17.9 Å². The second kappa shape index (κ2) is 8.00. The number of piperazine rings is 1. The topological polar surface area (TPSA) is 56.8 Å². The molecule has 3 heterocycles. The maximum Gasteiger partial charge on any atom is 0.255 e. The molecule has 0 radical (unpaired) electrons. The summed E-state index contributed by atoms with van der Waals surface area (Å²) >= 11 is 1.64. The minimum Gasteiger partial charge on any atom is -0.368 e.